The molecule has 0 radical (unpaired) electrons. The molecule has 0 unspecified atom stereocenters. The Labute approximate surface area is 94.6 Å². The molecule has 0 saturated carbocycles. The van der Waals surface area contributed by atoms with E-state index in [1.807, 2.05) is 6.92 Å². The number of rotatable bonds is 2. The maximum Gasteiger partial charge on any atom is 0.139 e. The third-order valence-electron chi connectivity index (χ3n) is 1.71. The minimum absolute atomic E-state index is 0.503. The first-order chi connectivity index (χ1) is 6.66. The quantitative estimate of drug-likeness (QED) is 0.820. The van der Waals surface area contributed by atoms with E-state index in [0.717, 1.165) is 22.9 Å². The molecular weight excluding hydrogens is 243 g/mol. The van der Waals surface area contributed by atoms with Crippen molar-refractivity contribution in [3.05, 3.63) is 26.9 Å². The molecule has 0 fully saturated rings. The van der Waals surface area contributed by atoms with Crippen LogP contribution in [-0.4, -0.2) is 19.4 Å². The summed E-state index contributed by atoms with van der Waals surface area (Å²) in [5.74, 6) is 0. The van der Waals surface area contributed by atoms with Gasteiger partial charge < -0.3 is 0 Å². The van der Waals surface area contributed by atoms with Crippen LogP contribution in [-0.2, 0) is 6.54 Å². The summed E-state index contributed by atoms with van der Waals surface area (Å²) < 4.78 is 6.02. The van der Waals surface area contributed by atoms with Crippen molar-refractivity contribution in [1.82, 2.24) is 19.4 Å². The summed E-state index contributed by atoms with van der Waals surface area (Å²) in [7, 11) is 0. The fraction of sp³-hybridized carbons (Fsp3) is 0.286. The van der Waals surface area contributed by atoms with Crippen molar-refractivity contribution >= 4 is 34.7 Å². The largest absolute Gasteiger partial charge is 0.265 e. The first-order valence-corrected chi connectivity index (χ1v) is 5.36. The van der Waals surface area contributed by atoms with Crippen molar-refractivity contribution in [2.75, 3.05) is 0 Å². The van der Waals surface area contributed by atoms with E-state index in [1.165, 1.54) is 0 Å². The van der Waals surface area contributed by atoms with Crippen LogP contribution in [0, 0.1) is 6.92 Å². The van der Waals surface area contributed by atoms with Gasteiger partial charge in [0.05, 0.1) is 17.3 Å². The van der Waals surface area contributed by atoms with Crippen LogP contribution in [0.15, 0.2) is 6.20 Å². The zero-order valence-electron chi connectivity index (χ0n) is 7.24. The minimum Gasteiger partial charge on any atom is -0.265 e. The molecule has 7 heteroatoms. The topological polar surface area (TPSA) is 43.6 Å². The molecule has 0 atom stereocenters. The average molecular weight is 249 g/mol. The number of aromatic nitrogens is 4. The zero-order valence-corrected chi connectivity index (χ0v) is 9.57. The van der Waals surface area contributed by atoms with Gasteiger partial charge in [0.2, 0.25) is 0 Å². The maximum atomic E-state index is 5.86. The lowest BCUT2D eigenvalue weighted by atomic mass is 10.5. The molecule has 2 aromatic rings. The summed E-state index contributed by atoms with van der Waals surface area (Å²) >= 11 is 12.9. The highest BCUT2D eigenvalue weighted by molar-refractivity contribution is 7.10. The van der Waals surface area contributed by atoms with Gasteiger partial charge >= 0.3 is 0 Å². The molecule has 0 saturated heterocycles. The number of aryl methyl sites for hydroxylation is 1. The van der Waals surface area contributed by atoms with E-state index < -0.39 is 0 Å². The monoisotopic (exact) mass is 248 g/mol. The molecule has 0 amide bonds. The van der Waals surface area contributed by atoms with E-state index in [9.17, 15) is 0 Å². The second-order valence-corrected chi connectivity index (χ2v) is 4.52. The predicted molar refractivity (Wildman–Crippen MR) is 56.0 cm³/mol. The van der Waals surface area contributed by atoms with E-state index in [0.29, 0.717) is 15.9 Å². The molecule has 0 spiro atoms. The molecule has 0 aliphatic heterocycles. The lowest BCUT2D eigenvalue weighted by Gasteiger charge is -1.96. The summed E-state index contributed by atoms with van der Waals surface area (Å²) in [5, 5.41) is 8.71. The molecule has 0 aliphatic carbocycles. The Balaban J connectivity index is 2.23. The number of hydrogen-bond donors (Lipinski definition) is 0. The van der Waals surface area contributed by atoms with Crippen molar-refractivity contribution in [3.8, 4) is 0 Å². The number of hydrogen-bond acceptors (Lipinski definition) is 4. The molecular formula is C7H6Cl2N4S. The summed E-state index contributed by atoms with van der Waals surface area (Å²) in [4.78, 5) is 0. The molecule has 74 valence electrons. The Kier molecular flexibility index (Phi) is 2.71. The normalized spacial score (nSPS) is 10.8. The van der Waals surface area contributed by atoms with E-state index in [2.05, 4.69) is 14.7 Å². The Bertz CT molecular complexity index is 431. The van der Waals surface area contributed by atoms with Crippen LogP contribution < -0.4 is 0 Å². The highest BCUT2D eigenvalue weighted by Gasteiger charge is 2.08. The molecule has 0 N–H and O–H groups in total. The van der Waals surface area contributed by atoms with Gasteiger partial charge in [0.15, 0.2) is 0 Å². The highest BCUT2D eigenvalue weighted by atomic mass is 35.5. The zero-order chi connectivity index (χ0) is 10.1. The maximum absolute atomic E-state index is 5.86. The van der Waals surface area contributed by atoms with E-state index in [-0.39, 0.29) is 0 Å². The average Bonchev–Trinajstić information content (AvgIpc) is 2.63. The highest BCUT2D eigenvalue weighted by Crippen LogP contribution is 2.19. The molecule has 14 heavy (non-hydrogen) atoms. The molecule has 0 bridgehead atoms. The van der Waals surface area contributed by atoms with E-state index in [1.54, 1.807) is 10.9 Å². The number of nitrogens with zero attached hydrogens (tertiary/aromatic N) is 4. The van der Waals surface area contributed by atoms with Crippen LogP contribution in [0.1, 0.15) is 11.4 Å². The van der Waals surface area contributed by atoms with Gasteiger partial charge in [-0.15, -0.1) is 5.10 Å². The molecule has 2 heterocycles. The smallest absolute Gasteiger partial charge is 0.139 e. The lowest BCUT2D eigenvalue weighted by Crippen LogP contribution is -2.01. The standard InChI is InChI=1S/C7H6Cl2N4S/c1-4-5(8)2-13(11-4)3-6-7(9)14-12-10-6/h2H,3H2,1H3. The third kappa shape index (κ3) is 1.89. The molecule has 2 aromatic heterocycles. The summed E-state index contributed by atoms with van der Waals surface area (Å²) in [6.45, 7) is 2.35. The summed E-state index contributed by atoms with van der Waals surface area (Å²) in [6.07, 6.45) is 1.74. The van der Waals surface area contributed by atoms with Gasteiger partial charge in [0.1, 0.15) is 10.0 Å². The van der Waals surface area contributed by atoms with Crippen LogP contribution in [0.3, 0.4) is 0 Å². The van der Waals surface area contributed by atoms with E-state index >= 15 is 0 Å². The van der Waals surface area contributed by atoms with Crippen LogP contribution in [0.5, 0.6) is 0 Å². The molecule has 4 nitrogen and oxygen atoms in total. The summed E-state index contributed by atoms with van der Waals surface area (Å²) in [6, 6.07) is 0. The minimum atomic E-state index is 0.503. The van der Waals surface area contributed by atoms with Crippen LogP contribution in [0.25, 0.3) is 0 Å². The first kappa shape index (κ1) is 9.89. The first-order valence-electron chi connectivity index (χ1n) is 3.83. The Morgan fingerprint density at radius 1 is 1.50 bits per heavy atom. The van der Waals surface area contributed by atoms with Gasteiger partial charge in [-0.1, -0.05) is 27.7 Å². The van der Waals surface area contributed by atoms with Crippen molar-refractivity contribution < 1.29 is 0 Å². The van der Waals surface area contributed by atoms with Crippen molar-refractivity contribution in [2.24, 2.45) is 0 Å². The second-order valence-electron chi connectivity index (χ2n) is 2.75. The number of halogens is 2. The summed E-state index contributed by atoms with van der Waals surface area (Å²) in [5.41, 5.74) is 1.52. The Morgan fingerprint density at radius 2 is 2.29 bits per heavy atom. The molecule has 2 rings (SSSR count). The fourth-order valence-corrected chi connectivity index (χ4v) is 1.78. The predicted octanol–water partition coefficient (Wildman–Crippen LogP) is 2.40. The van der Waals surface area contributed by atoms with Gasteiger partial charge in [0.25, 0.3) is 0 Å². The molecule has 0 aliphatic rings. The van der Waals surface area contributed by atoms with Gasteiger partial charge in [-0.05, 0) is 6.92 Å². The van der Waals surface area contributed by atoms with Gasteiger partial charge in [-0.3, -0.25) is 4.68 Å². The van der Waals surface area contributed by atoms with Gasteiger partial charge in [0, 0.05) is 17.7 Å². The molecule has 0 aromatic carbocycles. The lowest BCUT2D eigenvalue weighted by molar-refractivity contribution is 0.664. The Hall–Kier alpha value is -0.650. The fourth-order valence-electron chi connectivity index (χ4n) is 1.02. The van der Waals surface area contributed by atoms with Gasteiger partial charge in [-0.2, -0.15) is 5.10 Å². The SMILES string of the molecule is Cc1nn(Cc2nnsc2Cl)cc1Cl. The van der Waals surface area contributed by atoms with Crippen LogP contribution >= 0.6 is 34.7 Å². The van der Waals surface area contributed by atoms with Crippen LogP contribution in [0.2, 0.25) is 9.36 Å². The second kappa shape index (κ2) is 3.84. The van der Waals surface area contributed by atoms with Crippen molar-refractivity contribution in [1.29, 1.82) is 0 Å². The van der Waals surface area contributed by atoms with Crippen molar-refractivity contribution in [3.63, 3.8) is 0 Å². The Morgan fingerprint density at radius 3 is 2.79 bits per heavy atom. The van der Waals surface area contributed by atoms with Crippen molar-refractivity contribution in [2.45, 2.75) is 13.5 Å². The van der Waals surface area contributed by atoms with E-state index in [4.69, 9.17) is 23.2 Å². The van der Waals surface area contributed by atoms with Gasteiger partial charge in [-0.25, -0.2) is 0 Å². The third-order valence-corrected chi connectivity index (χ3v) is 3.06. The van der Waals surface area contributed by atoms with Crippen LogP contribution in [0.4, 0.5) is 0 Å².